The maximum atomic E-state index is 11.2. The molecule has 22 heavy (non-hydrogen) atoms. The molecule has 1 amide bonds. The van der Waals surface area contributed by atoms with E-state index in [1.807, 2.05) is 13.0 Å². The molecule has 1 saturated heterocycles. The monoisotopic (exact) mass is 319 g/mol. The molecule has 1 fully saturated rings. The van der Waals surface area contributed by atoms with E-state index in [9.17, 15) is 4.79 Å². The van der Waals surface area contributed by atoms with Crippen LogP contribution in [0.1, 0.15) is 19.8 Å². The summed E-state index contributed by atoms with van der Waals surface area (Å²) < 4.78 is 0. The van der Waals surface area contributed by atoms with Crippen molar-refractivity contribution in [1.82, 2.24) is 14.9 Å². The molecule has 118 valence electrons. The fourth-order valence-electron chi connectivity index (χ4n) is 2.84. The van der Waals surface area contributed by atoms with Crippen LogP contribution in [0.3, 0.4) is 0 Å². The van der Waals surface area contributed by atoms with E-state index in [1.54, 1.807) is 12.4 Å². The van der Waals surface area contributed by atoms with Crippen molar-refractivity contribution in [2.24, 2.45) is 4.99 Å². The van der Waals surface area contributed by atoms with E-state index < -0.39 is 0 Å². The molecule has 1 aromatic rings. The summed E-state index contributed by atoms with van der Waals surface area (Å²) in [6.07, 6.45) is 5.73. The molecule has 0 aromatic carbocycles. The largest absolute Gasteiger partial charge is 0.338 e. The Morgan fingerprint density at radius 3 is 2.59 bits per heavy atom. The van der Waals surface area contributed by atoms with E-state index >= 15 is 0 Å². The van der Waals surface area contributed by atoms with Crippen molar-refractivity contribution in [3.63, 3.8) is 0 Å². The van der Waals surface area contributed by atoms with Crippen LogP contribution in [0.2, 0.25) is 0 Å². The molecule has 0 saturated carbocycles. The number of anilines is 1. The fourth-order valence-corrected chi connectivity index (χ4v) is 3.79. The highest BCUT2D eigenvalue weighted by atomic mass is 32.2. The van der Waals surface area contributed by atoms with E-state index in [1.165, 1.54) is 11.8 Å². The Kier molecular flexibility index (Phi) is 5.04. The lowest BCUT2D eigenvalue weighted by Gasteiger charge is -2.34. The molecule has 2 aliphatic heterocycles. The first-order chi connectivity index (χ1) is 10.7. The summed E-state index contributed by atoms with van der Waals surface area (Å²) in [5, 5.41) is 0.269. The Morgan fingerprint density at radius 2 is 1.95 bits per heavy atom. The van der Waals surface area contributed by atoms with Gasteiger partial charge in [-0.25, -0.2) is 15.0 Å². The normalized spacial score (nSPS) is 23.0. The molecule has 6 nitrogen and oxygen atoms in total. The van der Waals surface area contributed by atoms with E-state index in [-0.39, 0.29) is 5.24 Å². The average Bonchev–Trinajstić information content (AvgIpc) is 2.87. The fraction of sp³-hybridized carbons (Fsp3) is 0.600. The lowest BCUT2D eigenvalue weighted by Crippen LogP contribution is -2.47. The van der Waals surface area contributed by atoms with Crippen LogP contribution in [0.4, 0.5) is 10.7 Å². The molecule has 1 atom stereocenters. The summed E-state index contributed by atoms with van der Waals surface area (Å²) in [6, 6.07) is 1.84. The standard InChI is InChI=1S/C15H21N5OS/c1-12-13(22-15(21)18-12)4-2-7-19-8-10-20(11-9-19)14-16-5-3-6-17-14/h3,5-6,13H,2,4,7-11H2,1H3. The highest BCUT2D eigenvalue weighted by molar-refractivity contribution is 8.15. The smallest absolute Gasteiger partial charge is 0.305 e. The molecule has 0 bridgehead atoms. The zero-order chi connectivity index (χ0) is 15.4. The van der Waals surface area contributed by atoms with Gasteiger partial charge in [-0.2, -0.15) is 0 Å². The molecule has 7 heteroatoms. The number of carbonyl (C=O) groups is 1. The number of thioether (sulfide) groups is 1. The summed E-state index contributed by atoms with van der Waals surface area (Å²) >= 11 is 1.37. The minimum atomic E-state index is -0.0287. The number of rotatable bonds is 5. The summed E-state index contributed by atoms with van der Waals surface area (Å²) in [5.41, 5.74) is 0.987. The maximum absolute atomic E-state index is 11.2. The van der Waals surface area contributed by atoms with Gasteiger partial charge in [-0.1, -0.05) is 11.8 Å². The Bertz CT molecular complexity index is 542. The minimum Gasteiger partial charge on any atom is -0.338 e. The van der Waals surface area contributed by atoms with Crippen LogP contribution >= 0.6 is 11.8 Å². The van der Waals surface area contributed by atoms with E-state index in [0.29, 0.717) is 5.25 Å². The first-order valence-corrected chi connectivity index (χ1v) is 8.60. The van der Waals surface area contributed by atoms with Gasteiger partial charge in [-0.15, -0.1) is 0 Å². The van der Waals surface area contributed by atoms with Crippen LogP contribution in [-0.4, -0.2) is 63.8 Å². The number of aromatic nitrogens is 2. The number of carbonyl (C=O) groups excluding carboxylic acids is 1. The van der Waals surface area contributed by atoms with Crippen LogP contribution < -0.4 is 4.90 Å². The average molecular weight is 319 g/mol. The molecule has 0 N–H and O–H groups in total. The van der Waals surface area contributed by atoms with Crippen molar-refractivity contribution in [3.05, 3.63) is 18.5 Å². The van der Waals surface area contributed by atoms with E-state index in [0.717, 1.165) is 57.2 Å². The third kappa shape index (κ3) is 3.84. The van der Waals surface area contributed by atoms with Gasteiger partial charge in [-0.05, 0) is 32.4 Å². The Balaban J connectivity index is 1.38. The van der Waals surface area contributed by atoms with Gasteiger partial charge in [0.25, 0.3) is 0 Å². The second-order valence-electron chi connectivity index (χ2n) is 5.65. The Morgan fingerprint density at radius 1 is 1.23 bits per heavy atom. The highest BCUT2D eigenvalue weighted by Crippen LogP contribution is 2.26. The molecule has 0 aliphatic carbocycles. The minimum absolute atomic E-state index is 0.0287. The van der Waals surface area contributed by atoms with Gasteiger partial charge in [0.15, 0.2) is 0 Å². The molecule has 2 aliphatic rings. The molecular weight excluding hydrogens is 298 g/mol. The quantitative estimate of drug-likeness (QED) is 0.828. The molecule has 3 rings (SSSR count). The lowest BCUT2D eigenvalue weighted by molar-refractivity contribution is 0.252. The number of piperazine rings is 1. The topological polar surface area (TPSA) is 61.7 Å². The van der Waals surface area contributed by atoms with E-state index in [4.69, 9.17) is 0 Å². The second kappa shape index (κ2) is 7.19. The summed E-state index contributed by atoms with van der Waals surface area (Å²) in [7, 11) is 0. The van der Waals surface area contributed by atoms with Crippen molar-refractivity contribution in [2.75, 3.05) is 37.6 Å². The summed E-state index contributed by atoms with van der Waals surface area (Å²) in [4.78, 5) is 28.6. The van der Waals surface area contributed by atoms with Crippen LogP contribution in [0, 0.1) is 0 Å². The first kappa shape index (κ1) is 15.4. The highest BCUT2D eigenvalue weighted by Gasteiger charge is 2.24. The van der Waals surface area contributed by atoms with Crippen molar-refractivity contribution in [3.8, 4) is 0 Å². The van der Waals surface area contributed by atoms with Crippen LogP contribution in [-0.2, 0) is 0 Å². The van der Waals surface area contributed by atoms with Gasteiger partial charge in [0.2, 0.25) is 5.95 Å². The first-order valence-electron chi connectivity index (χ1n) is 7.72. The SMILES string of the molecule is CC1=NC(=O)SC1CCCN1CCN(c2ncccn2)CC1. The van der Waals surface area contributed by atoms with Crippen molar-refractivity contribution in [2.45, 2.75) is 25.0 Å². The molecule has 0 radical (unpaired) electrons. The predicted octanol–water partition coefficient (Wildman–Crippen LogP) is 2.08. The lowest BCUT2D eigenvalue weighted by atomic mass is 10.1. The molecule has 1 unspecified atom stereocenters. The number of hydrogen-bond acceptors (Lipinski definition) is 6. The number of nitrogens with zero attached hydrogens (tertiary/aromatic N) is 5. The van der Waals surface area contributed by atoms with Gasteiger partial charge in [-0.3, -0.25) is 9.69 Å². The van der Waals surface area contributed by atoms with Crippen molar-refractivity contribution >= 4 is 28.7 Å². The van der Waals surface area contributed by atoms with Crippen molar-refractivity contribution < 1.29 is 4.79 Å². The third-order valence-electron chi connectivity index (χ3n) is 4.12. The van der Waals surface area contributed by atoms with Gasteiger partial charge < -0.3 is 4.90 Å². The summed E-state index contributed by atoms with van der Waals surface area (Å²) in [5.74, 6) is 0.829. The van der Waals surface area contributed by atoms with Gasteiger partial charge in [0.05, 0.1) is 5.25 Å². The maximum Gasteiger partial charge on any atom is 0.305 e. The van der Waals surface area contributed by atoms with Gasteiger partial charge in [0, 0.05) is 44.3 Å². The Labute approximate surface area is 135 Å². The number of amides is 1. The third-order valence-corrected chi connectivity index (χ3v) is 5.28. The molecular formula is C15H21N5OS. The predicted molar refractivity (Wildman–Crippen MR) is 89.8 cm³/mol. The zero-order valence-corrected chi connectivity index (χ0v) is 13.6. The van der Waals surface area contributed by atoms with Gasteiger partial charge in [0.1, 0.15) is 0 Å². The van der Waals surface area contributed by atoms with E-state index in [2.05, 4.69) is 24.8 Å². The van der Waals surface area contributed by atoms with Crippen LogP contribution in [0.15, 0.2) is 23.5 Å². The molecule has 3 heterocycles. The second-order valence-corrected chi connectivity index (χ2v) is 6.80. The zero-order valence-electron chi connectivity index (χ0n) is 12.8. The van der Waals surface area contributed by atoms with Gasteiger partial charge >= 0.3 is 5.24 Å². The number of hydrogen-bond donors (Lipinski definition) is 0. The van der Waals surface area contributed by atoms with Crippen LogP contribution in [0.5, 0.6) is 0 Å². The van der Waals surface area contributed by atoms with Crippen molar-refractivity contribution in [1.29, 1.82) is 0 Å². The number of aliphatic imine (C=N–C) groups is 1. The summed E-state index contributed by atoms with van der Waals surface area (Å²) in [6.45, 7) is 7.08. The van der Waals surface area contributed by atoms with Crippen LogP contribution in [0.25, 0.3) is 0 Å². The Hall–Kier alpha value is -1.47. The molecule has 1 aromatic heterocycles. The molecule has 0 spiro atoms.